The first kappa shape index (κ1) is 10.5. The van der Waals surface area contributed by atoms with Crippen LogP contribution in [0.25, 0.3) is 0 Å². The highest BCUT2D eigenvalue weighted by molar-refractivity contribution is 8.18. The van der Waals surface area contributed by atoms with E-state index in [0.29, 0.717) is 10.9 Å². The van der Waals surface area contributed by atoms with Crippen LogP contribution in [-0.2, 0) is 4.79 Å². The maximum Gasteiger partial charge on any atom is 0.257 e. The molecule has 0 bridgehead atoms. The summed E-state index contributed by atoms with van der Waals surface area (Å²) in [6.45, 7) is 5.07. The Morgan fingerprint density at radius 2 is 2.47 bits per heavy atom. The maximum absolute atomic E-state index is 11.3. The molecule has 0 radical (unpaired) electrons. The van der Waals surface area contributed by atoms with Gasteiger partial charge in [0.15, 0.2) is 5.17 Å². The number of rotatable bonds is 3. The Morgan fingerprint density at radius 1 is 1.73 bits per heavy atom. The number of carbonyl (C=O) groups is 1. The smallest absolute Gasteiger partial charge is 0.257 e. The largest absolute Gasteiger partial charge is 0.365 e. The van der Waals surface area contributed by atoms with Gasteiger partial charge in [0.25, 0.3) is 5.91 Å². The molecule has 1 amide bonds. The molecule has 2 rings (SSSR count). The number of thioether (sulfide) groups is 1. The molecule has 0 aromatic carbocycles. The summed E-state index contributed by atoms with van der Waals surface area (Å²) in [7, 11) is 0. The average Bonchev–Trinajstić information content (AvgIpc) is 2.64. The van der Waals surface area contributed by atoms with Gasteiger partial charge in [0.05, 0.1) is 10.9 Å². The Hall–Kier alpha value is -0.970. The van der Waals surface area contributed by atoms with Crippen molar-refractivity contribution < 1.29 is 4.79 Å². The SMILES string of the molecule is CCCC1=C(C(N)=O)SC2=NC(C)CN21. The first-order chi connectivity index (χ1) is 7.13. The zero-order valence-corrected chi connectivity index (χ0v) is 9.80. The van der Waals surface area contributed by atoms with Crippen LogP contribution in [0.2, 0.25) is 0 Å². The molecule has 2 aliphatic rings. The number of primary amides is 1. The molecule has 0 spiro atoms. The molecule has 82 valence electrons. The quantitative estimate of drug-likeness (QED) is 0.787. The lowest BCUT2D eigenvalue weighted by molar-refractivity contribution is -0.114. The van der Waals surface area contributed by atoms with Crippen molar-refractivity contribution in [2.75, 3.05) is 6.54 Å². The van der Waals surface area contributed by atoms with Crippen LogP contribution in [0.1, 0.15) is 26.7 Å². The second-order valence-corrected chi connectivity index (χ2v) is 4.84. The molecule has 2 heterocycles. The van der Waals surface area contributed by atoms with Gasteiger partial charge in [0.2, 0.25) is 0 Å². The molecule has 1 unspecified atom stereocenters. The second kappa shape index (κ2) is 3.89. The number of amidine groups is 1. The molecular formula is C10H15N3OS. The first-order valence-corrected chi connectivity index (χ1v) is 6.01. The minimum absolute atomic E-state index is 0.326. The number of nitrogens with two attached hydrogens (primary N) is 1. The Morgan fingerprint density at radius 3 is 3.07 bits per heavy atom. The van der Waals surface area contributed by atoms with E-state index in [-0.39, 0.29) is 5.91 Å². The van der Waals surface area contributed by atoms with E-state index in [1.165, 1.54) is 11.8 Å². The summed E-state index contributed by atoms with van der Waals surface area (Å²) in [5.74, 6) is -0.326. The van der Waals surface area contributed by atoms with Gasteiger partial charge in [0, 0.05) is 12.2 Å². The Labute approximate surface area is 93.6 Å². The molecule has 0 aromatic heterocycles. The van der Waals surface area contributed by atoms with Crippen LogP contribution in [0, 0.1) is 0 Å². The summed E-state index contributed by atoms with van der Waals surface area (Å²) in [6, 6.07) is 0.328. The number of allylic oxidation sites excluding steroid dienone is 1. The van der Waals surface area contributed by atoms with Gasteiger partial charge in [-0.3, -0.25) is 9.79 Å². The summed E-state index contributed by atoms with van der Waals surface area (Å²) in [4.78, 5) is 18.6. The number of carbonyl (C=O) groups excluding carboxylic acids is 1. The van der Waals surface area contributed by atoms with Crippen LogP contribution in [0.4, 0.5) is 0 Å². The lowest BCUT2D eigenvalue weighted by Crippen LogP contribution is -2.23. The lowest BCUT2D eigenvalue weighted by atomic mass is 10.2. The van der Waals surface area contributed by atoms with Crippen LogP contribution in [0.3, 0.4) is 0 Å². The van der Waals surface area contributed by atoms with Gasteiger partial charge >= 0.3 is 0 Å². The summed E-state index contributed by atoms with van der Waals surface area (Å²) < 4.78 is 0. The fraction of sp³-hybridized carbons (Fsp3) is 0.600. The van der Waals surface area contributed by atoms with E-state index in [4.69, 9.17) is 5.73 Å². The minimum Gasteiger partial charge on any atom is -0.365 e. The van der Waals surface area contributed by atoms with Crippen molar-refractivity contribution in [1.82, 2.24) is 4.90 Å². The van der Waals surface area contributed by atoms with Crippen molar-refractivity contribution in [1.29, 1.82) is 0 Å². The highest BCUT2D eigenvalue weighted by atomic mass is 32.2. The highest BCUT2D eigenvalue weighted by Crippen LogP contribution is 2.39. The summed E-state index contributed by atoms with van der Waals surface area (Å²) in [5, 5.41) is 0.944. The number of hydrogen-bond donors (Lipinski definition) is 1. The van der Waals surface area contributed by atoms with Crippen LogP contribution < -0.4 is 5.73 Å². The number of aliphatic imine (C=N–C) groups is 1. The minimum atomic E-state index is -0.326. The number of hydrogen-bond acceptors (Lipinski definition) is 4. The summed E-state index contributed by atoms with van der Waals surface area (Å²) in [5.41, 5.74) is 6.42. The van der Waals surface area contributed by atoms with E-state index in [2.05, 4.69) is 23.7 Å². The molecule has 0 saturated carbocycles. The normalized spacial score (nSPS) is 24.5. The monoisotopic (exact) mass is 225 g/mol. The van der Waals surface area contributed by atoms with Gasteiger partial charge in [-0.1, -0.05) is 13.3 Å². The van der Waals surface area contributed by atoms with Crippen LogP contribution in [0.15, 0.2) is 15.6 Å². The molecule has 0 aromatic rings. The van der Waals surface area contributed by atoms with Crippen molar-refractivity contribution in [2.24, 2.45) is 10.7 Å². The Bertz CT molecular complexity index is 362. The fourth-order valence-corrected chi connectivity index (χ4v) is 3.04. The summed E-state index contributed by atoms with van der Waals surface area (Å²) >= 11 is 1.42. The van der Waals surface area contributed by atoms with Crippen LogP contribution in [-0.4, -0.2) is 28.6 Å². The number of fused-ring (bicyclic) bond motifs is 1. The molecule has 2 aliphatic heterocycles. The van der Waals surface area contributed by atoms with Crippen molar-refractivity contribution >= 4 is 22.8 Å². The molecule has 2 N–H and O–H groups in total. The van der Waals surface area contributed by atoms with Gasteiger partial charge in [-0.25, -0.2) is 0 Å². The van der Waals surface area contributed by atoms with E-state index < -0.39 is 0 Å². The maximum atomic E-state index is 11.3. The van der Waals surface area contributed by atoms with E-state index in [1.54, 1.807) is 0 Å². The molecule has 5 heteroatoms. The van der Waals surface area contributed by atoms with E-state index in [0.717, 1.165) is 30.3 Å². The predicted molar refractivity (Wildman–Crippen MR) is 62.3 cm³/mol. The predicted octanol–water partition coefficient (Wildman–Crippen LogP) is 1.29. The standard InChI is InChI=1S/C10H15N3OS/c1-3-4-7-8(9(11)14)15-10-12-6(2)5-13(7)10/h6H,3-5H2,1-2H3,(H2,11,14). The van der Waals surface area contributed by atoms with Crippen molar-refractivity contribution in [3.63, 3.8) is 0 Å². The van der Waals surface area contributed by atoms with Gasteiger partial charge in [-0.15, -0.1) is 0 Å². The van der Waals surface area contributed by atoms with Gasteiger partial charge in [-0.05, 0) is 25.1 Å². The topological polar surface area (TPSA) is 58.7 Å². The van der Waals surface area contributed by atoms with Gasteiger partial charge in [0.1, 0.15) is 0 Å². The van der Waals surface area contributed by atoms with Crippen LogP contribution in [0.5, 0.6) is 0 Å². The van der Waals surface area contributed by atoms with E-state index in [9.17, 15) is 4.79 Å². The molecular weight excluding hydrogens is 210 g/mol. The molecule has 0 saturated heterocycles. The first-order valence-electron chi connectivity index (χ1n) is 5.19. The Balaban J connectivity index is 2.28. The van der Waals surface area contributed by atoms with Gasteiger partial charge < -0.3 is 10.6 Å². The van der Waals surface area contributed by atoms with Crippen LogP contribution >= 0.6 is 11.8 Å². The molecule has 4 nitrogen and oxygen atoms in total. The average molecular weight is 225 g/mol. The molecule has 1 atom stereocenters. The third kappa shape index (κ3) is 1.76. The third-order valence-corrected chi connectivity index (χ3v) is 3.65. The second-order valence-electron chi connectivity index (χ2n) is 3.86. The zero-order chi connectivity index (χ0) is 11.0. The van der Waals surface area contributed by atoms with Crippen molar-refractivity contribution in [3.8, 4) is 0 Å². The lowest BCUT2D eigenvalue weighted by Gasteiger charge is -2.16. The van der Waals surface area contributed by atoms with E-state index >= 15 is 0 Å². The zero-order valence-electron chi connectivity index (χ0n) is 8.99. The number of amides is 1. The van der Waals surface area contributed by atoms with E-state index in [1.807, 2.05) is 0 Å². The molecule has 0 aliphatic carbocycles. The fourth-order valence-electron chi connectivity index (χ4n) is 1.90. The highest BCUT2D eigenvalue weighted by Gasteiger charge is 2.35. The van der Waals surface area contributed by atoms with Gasteiger partial charge in [-0.2, -0.15) is 0 Å². The Kier molecular flexibility index (Phi) is 2.73. The van der Waals surface area contributed by atoms with Crippen molar-refractivity contribution in [2.45, 2.75) is 32.7 Å². The third-order valence-electron chi connectivity index (χ3n) is 2.50. The van der Waals surface area contributed by atoms with Crippen molar-refractivity contribution in [3.05, 3.63) is 10.6 Å². The summed E-state index contributed by atoms with van der Waals surface area (Å²) in [6.07, 6.45) is 1.92. The number of nitrogens with zero attached hydrogens (tertiary/aromatic N) is 2. The molecule has 15 heavy (non-hydrogen) atoms. The molecule has 0 fully saturated rings.